The molecule has 4 aromatic rings. The smallest absolute Gasteiger partial charge is 0.341 e. The number of benzene rings is 3. The molecule has 1 aromatic heterocycles. The lowest BCUT2D eigenvalue weighted by Gasteiger charge is -2.30. The summed E-state index contributed by atoms with van der Waals surface area (Å²) in [6.07, 6.45) is 3.89. The molecule has 42 heavy (non-hydrogen) atoms. The first-order valence-electron chi connectivity index (χ1n) is 14.4. The van der Waals surface area contributed by atoms with Gasteiger partial charge in [-0.05, 0) is 78.2 Å². The normalized spacial score (nSPS) is 14.9. The van der Waals surface area contributed by atoms with Gasteiger partial charge in [0.15, 0.2) is 5.13 Å². The number of hydrogen-bond acceptors (Lipinski definition) is 7. The van der Waals surface area contributed by atoms with Gasteiger partial charge in [0.1, 0.15) is 18.1 Å². The minimum Gasteiger partial charge on any atom is -0.507 e. The van der Waals surface area contributed by atoms with Crippen LogP contribution >= 0.6 is 11.3 Å². The monoisotopic (exact) mass is 585 g/mol. The van der Waals surface area contributed by atoms with Crippen LogP contribution in [-0.2, 0) is 18.6 Å². The van der Waals surface area contributed by atoms with Crippen LogP contribution < -0.4 is 15.5 Å². The number of carbonyl (C=O) groups is 1. The van der Waals surface area contributed by atoms with Crippen LogP contribution in [0.15, 0.2) is 65.8 Å². The molecule has 2 heterocycles. The average Bonchev–Trinajstić information content (AvgIpc) is 3.35. The third-order valence-corrected chi connectivity index (χ3v) is 8.49. The maximum absolute atomic E-state index is 12.4. The highest BCUT2D eigenvalue weighted by atomic mass is 32.1. The summed E-state index contributed by atoms with van der Waals surface area (Å²) in [4.78, 5) is 19.4. The second-order valence-corrected chi connectivity index (χ2v) is 13.1. The number of nitrogens with zero attached hydrogens (tertiary/aromatic N) is 3. The quantitative estimate of drug-likeness (QED) is 0.149. The first-order chi connectivity index (χ1) is 20.1. The molecule has 3 N–H and O–H groups in total. The Labute approximate surface area is 251 Å². The molecule has 0 saturated carbocycles. The number of carbonyl (C=O) groups excluding carboxylic acids is 1. The second-order valence-electron chi connectivity index (χ2n) is 12.1. The van der Waals surface area contributed by atoms with E-state index < -0.39 is 6.03 Å². The van der Waals surface area contributed by atoms with Crippen molar-refractivity contribution in [2.24, 2.45) is 11.0 Å². The summed E-state index contributed by atoms with van der Waals surface area (Å²) in [5, 5.41) is 17.6. The number of aromatic hydroxyl groups is 1. The summed E-state index contributed by atoms with van der Waals surface area (Å²) in [6, 6.07) is 19.1. The largest absolute Gasteiger partial charge is 0.507 e. The van der Waals surface area contributed by atoms with Crippen LogP contribution in [0, 0.1) is 5.92 Å². The lowest BCUT2D eigenvalue weighted by Crippen LogP contribution is -2.32. The van der Waals surface area contributed by atoms with Gasteiger partial charge in [-0.2, -0.15) is 5.10 Å². The van der Waals surface area contributed by atoms with Crippen LogP contribution in [0.4, 0.5) is 9.93 Å². The summed E-state index contributed by atoms with van der Waals surface area (Å²) in [7, 11) is 0. The first-order valence-corrected chi connectivity index (χ1v) is 15.2. The van der Waals surface area contributed by atoms with E-state index >= 15 is 0 Å². The number of amides is 2. The number of nitrogens with one attached hydrogen (secondary N) is 2. The van der Waals surface area contributed by atoms with E-state index in [-0.39, 0.29) is 11.2 Å². The van der Waals surface area contributed by atoms with Crippen LogP contribution in [0.1, 0.15) is 62.8 Å². The highest BCUT2D eigenvalue weighted by Gasteiger charge is 2.16. The van der Waals surface area contributed by atoms with E-state index in [1.807, 2.05) is 6.07 Å². The number of urea groups is 1. The predicted molar refractivity (Wildman–Crippen MR) is 171 cm³/mol. The van der Waals surface area contributed by atoms with E-state index in [1.54, 1.807) is 12.1 Å². The number of fused-ring (bicyclic) bond motifs is 1. The van der Waals surface area contributed by atoms with Gasteiger partial charge in [0.2, 0.25) is 0 Å². The number of phenols is 1. The number of hydrazone groups is 1. The van der Waals surface area contributed by atoms with E-state index in [0.717, 1.165) is 41.3 Å². The van der Waals surface area contributed by atoms with Crippen LogP contribution in [-0.4, -0.2) is 40.3 Å². The Balaban J connectivity index is 1.10. The Bertz CT molecular complexity index is 1550. The number of piperidine rings is 1. The lowest BCUT2D eigenvalue weighted by molar-refractivity contribution is 0.185. The number of likely N-dealkylation sites (tertiary alicyclic amines) is 1. The fraction of sp³-hybridized carbons (Fsp3) is 0.364. The molecular formula is C33H39N5O3S. The standard InChI is InChI=1S/C33H39N5O3S/c1-22-13-15-38(16-14-22)20-24-7-12-28-30(17-24)42-32(35-28)36-31(40)37-34-19-25-8-11-27(18-29(25)39)41-21-23-5-9-26(10-6-23)33(2,3)4/h5-12,17-19,22,39H,13-16,20-21H2,1-4H3,(H2,35,36,37,40)/b34-19+. The van der Waals surface area contributed by atoms with E-state index in [9.17, 15) is 9.90 Å². The zero-order valence-corrected chi connectivity index (χ0v) is 25.5. The summed E-state index contributed by atoms with van der Waals surface area (Å²) < 4.78 is 6.88. The number of hydrogen-bond donors (Lipinski definition) is 3. The Hall–Kier alpha value is -3.95. The van der Waals surface area contributed by atoms with Gasteiger partial charge in [0.25, 0.3) is 0 Å². The molecule has 3 aromatic carbocycles. The summed E-state index contributed by atoms with van der Waals surface area (Å²) in [6.45, 7) is 12.5. The van der Waals surface area contributed by atoms with Crippen molar-refractivity contribution in [2.75, 3.05) is 18.4 Å². The van der Waals surface area contributed by atoms with Crippen LogP contribution in [0.25, 0.3) is 10.2 Å². The van der Waals surface area contributed by atoms with Crippen LogP contribution in [0.2, 0.25) is 0 Å². The third kappa shape index (κ3) is 7.86. The maximum atomic E-state index is 12.4. The van der Waals surface area contributed by atoms with Gasteiger partial charge >= 0.3 is 6.03 Å². The fourth-order valence-corrected chi connectivity index (χ4v) is 5.80. The average molecular weight is 586 g/mol. The van der Waals surface area contributed by atoms with E-state index in [0.29, 0.717) is 23.1 Å². The fourth-order valence-electron chi connectivity index (χ4n) is 4.87. The van der Waals surface area contributed by atoms with Crippen molar-refractivity contribution in [3.63, 3.8) is 0 Å². The van der Waals surface area contributed by atoms with Crippen molar-refractivity contribution < 1.29 is 14.6 Å². The number of phenolic OH excluding ortho intramolecular Hbond substituents is 1. The van der Waals surface area contributed by atoms with Gasteiger partial charge in [-0.15, -0.1) is 0 Å². The second kappa shape index (κ2) is 12.9. The van der Waals surface area contributed by atoms with Crippen molar-refractivity contribution >= 4 is 38.9 Å². The minimum absolute atomic E-state index is 0.00239. The highest BCUT2D eigenvalue weighted by molar-refractivity contribution is 7.22. The van der Waals surface area contributed by atoms with Crippen molar-refractivity contribution in [3.8, 4) is 11.5 Å². The van der Waals surface area contributed by atoms with Crippen molar-refractivity contribution in [1.82, 2.24) is 15.3 Å². The number of rotatable bonds is 8. The summed E-state index contributed by atoms with van der Waals surface area (Å²) in [5.74, 6) is 1.36. The molecule has 0 radical (unpaired) electrons. The predicted octanol–water partition coefficient (Wildman–Crippen LogP) is 7.27. The number of anilines is 1. The first kappa shape index (κ1) is 29.5. The molecule has 9 heteroatoms. The van der Waals surface area contributed by atoms with E-state index in [4.69, 9.17) is 4.74 Å². The van der Waals surface area contributed by atoms with Gasteiger partial charge in [-0.1, -0.05) is 69.4 Å². The molecule has 1 fully saturated rings. The molecule has 2 amide bonds. The number of ether oxygens (including phenoxy) is 1. The van der Waals surface area contributed by atoms with Gasteiger partial charge in [0.05, 0.1) is 16.4 Å². The van der Waals surface area contributed by atoms with Crippen LogP contribution in [0.5, 0.6) is 11.5 Å². The zero-order chi connectivity index (χ0) is 29.7. The molecule has 8 nitrogen and oxygen atoms in total. The summed E-state index contributed by atoms with van der Waals surface area (Å²) in [5.41, 5.74) is 7.40. The van der Waals surface area contributed by atoms with Crippen molar-refractivity contribution in [1.29, 1.82) is 0 Å². The van der Waals surface area contributed by atoms with Crippen molar-refractivity contribution in [2.45, 2.75) is 59.1 Å². The molecule has 0 atom stereocenters. The Morgan fingerprint density at radius 3 is 2.55 bits per heavy atom. The Morgan fingerprint density at radius 1 is 1.10 bits per heavy atom. The molecule has 5 rings (SSSR count). The molecular weight excluding hydrogens is 546 g/mol. The molecule has 1 aliphatic heterocycles. The lowest BCUT2D eigenvalue weighted by atomic mass is 9.87. The molecule has 1 aliphatic rings. The van der Waals surface area contributed by atoms with Gasteiger partial charge in [-0.25, -0.2) is 15.2 Å². The van der Waals surface area contributed by atoms with E-state index in [2.05, 4.69) is 89.8 Å². The Kier molecular flexibility index (Phi) is 9.09. The van der Waals surface area contributed by atoms with E-state index in [1.165, 1.54) is 47.6 Å². The minimum atomic E-state index is -0.509. The molecule has 220 valence electrons. The third-order valence-electron chi connectivity index (χ3n) is 7.55. The van der Waals surface area contributed by atoms with Crippen molar-refractivity contribution in [3.05, 3.63) is 82.9 Å². The maximum Gasteiger partial charge on any atom is 0.341 e. The van der Waals surface area contributed by atoms with Gasteiger partial charge in [-0.3, -0.25) is 10.2 Å². The topological polar surface area (TPSA) is 99.1 Å². The Morgan fingerprint density at radius 2 is 1.83 bits per heavy atom. The molecule has 0 bridgehead atoms. The molecule has 0 spiro atoms. The molecule has 0 unspecified atom stereocenters. The number of aromatic nitrogens is 1. The molecule has 1 saturated heterocycles. The van der Waals surface area contributed by atoms with Gasteiger partial charge < -0.3 is 9.84 Å². The van der Waals surface area contributed by atoms with Gasteiger partial charge in [0, 0.05) is 18.2 Å². The number of thiazole rings is 1. The molecule has 0 aliphatic carbocycles. The SMILES string of the molecule is CC1CCN(Cc2ccc3nc(NC(=O)N/N=C/c4ccc(OCc5ccc(C(C)(C)C)cc5)cc4O)sc3c2)CC1. The highest BCUT2D eigenvalue weighted by Crippen LogP contribution is 2.28. The summed E-state index contributed by atoms with van der Waals surface area (Å²) >= 11 is 1.43. The zero-order valence-electron chi connectivity index (χ0n) is 24.7. The van der Waals surface area contributed by atoms with Crippen LogP contribution in [0.3, 0.4) is 0 Å².